The Kier molecular flexibility index (Phi) is 7.04. The van der Waals surface area contributed by atoms with E-state index in [9.17, 15) is 14.4 Å². The zero-order chi connectivity index (χ0) is 20.8. The number of rotatable bonds is 9. The number of benzene rings is 1. The molecule has 0 aliphatic heterocycles. The van der Waals surface area contributed by atoms with Gasteiger partial charge in [-0.2, -0.15) is 0 Å². The van der Waals surface area contributed by atoms with E-state index in [1.54, 1.807) is 24.3 Å². The summed E-state index contributed by atoms with van der Waals surface area (Å²) in [5, 5.41) is 5.57. The Bertz CT molecular complexity index is 902. The van der Waals surface area contributed by atoms with Crippen molar-refractivity contribution in [3.63, 3.8) is 0 Å². The van der Waals surface area contributed by atoms with Gasteiger partial charge in [-0.05, 0) is 49.4 Å². The number of aryl methyl sites for hydroxylation is 2. The van der Waals surface area contributed by atoms with Gasteiger partial charge in [0.15, 0.2) is 6.61 Å². The lowest BCUT2D eigenvalue weighted by atomic mass is 10.1. The second-order valence-corrected chi connectivity index (χ2v) is 8.22. The van der Waals surface area contributed by atoms with Crippen LogP contribution >= 0.6 is 11.3 Å². The fraction of sp³-hybridized carbons (Fsp3) is 0.409. The minimum absolute atomic E-state index is 0.213. The van der Waals surface area contributed by atoms with Crippen LogP contribution in [0.15, 0.2) is 30.3 Å². The molecule has 2 amide bonds. The number of carbonyl (C=O) groups is 3. The van der Waals surface area contributed by atoms with Crippen molar-refractivity contribution in [3.8, 4) is 0 Å². The molecule has 1 saturated carbocycles. The highest BCUT2D eigenvalue weighted by Gasteiger charge is 2.25. The first-order chi connectivity index (χ1) is 14.0. The molecule has 0 radical (unpaired) electrons. The average molecular weight is 415 g/mol. The standard InChI is InChI=1S/C22H26N2O4S/c1-3-7-18-14(4-2)12-19(29-18)22(27)28-13-20(25)24-17-9-6-5-8-16(17)21(26)23-15-10-11-15/h5-6,8-9,12,15H,3-4,7,10-11,13H2,1-2H3,(H,23,26)(H,24,25). The summed E-state index contributed by atoms with van der Waals surface area (Å²) in [4.78, 5) is 38.6. The van der Waals surface area contributed by atoms with Gasteiger partial charge in [0.2, 0.25) is 0 Å². The van der Waals surface area contributed by atoms with Crippen LogP contribution in [-0.2, 0) is 22.4 Å². The number of carbonyl (C=O) groups excluding carboxylic acids is 3. The van der Waals surface area contributed by atoms with E-state index in [1.807, 2.05) is 6.07 Å². The van der Waals surface area contributed by atoms with Gasteiger partial charge >= 0.3 is 5.97 Å². The first kappa shape index (κ1) is 21.0. The lowest BCUT2D eigenvalue weighted by Crippen LogP contribution is -2.27. The third kappa shape index (κ3) is 5.67. The molecular weight excluding hydrogens is 388 g/mol. The van der Waals surface area contributed by atoms with Crippen LogP contribution in [0.25, 0.3) is 0 Å². The molecule has 7 heteroatoms. The summed E-state index contributed by atoms with van der Waals surface area (Å²) >= 11 is 1.43. The van der Waals surface area contributed by atoms with Crippen LogP contribution in [0, 0.1) is 0 Å². The topological polar surface area (TPSA) is 84.5 Å². The molecule has 1 fully saturated rings. The number of hydrogen-bond donors (Lipinski definition) is 2. The van der Waals surface area contributed by atoms with Crippen LogP contribution in [0.3, 0.4) is 0 Å². The monoisotopic (exact) mass is 414 g/mol. The normalized spacial score (nSPS) is 13.0. The van der Waals surface area contributed by atoms with Crippen molar-refractivity contribution in [1.29, 1.82) is 0 Å². The first-order valence-electron chi connectivity index (χ1n) is 10.00. The Morgan fingerprint density at radius 1 is 1.17 bits per heavy atom. The van der Waals surface area contributed by atoms with Gasteiger partial charge in [0.25, 0.3) is 11.8 Å². The van der Waals surface area contributed by atoms with Gasteiger partial charge in [0, 0.05) is 10.9 Å². The van der Waals surface area contributed by atoms with Crippen LogP contribution in [0.5, 0.6) is 0 Å². The third-order valence-corrected chi connectivity index (χ3v) is 5.87. The Balaban J connectivity index is 1.57. The Labute approximate surface area is 174 Å². The number of nitrogens with one attached hydrogen (secondary N) is 2. The third-order valence-electron chi connectivity index (χ3n) is 4.65. The molecular formula is C22H26N2O4S. The van der Waals surface area contributed by atoms with Crippen molar-refractivity contribution >= 4 is 34.8 Å². The molecule has 3 rings (SSSR count). The summed E-state index contributed by atoms with van der Waals surface area (Å²) in [6.07, 6.45) is 4.77. The van der Waals surface area contributed by atoms with Crippen molar-refractivity contribution in [2.24, 2.45) is 0 Å². The molecule has 2 N–H and O–H groups in total. The highest BCUT2D eigenvalue weighted by Crippen LogP contribution is 2.25. The highest BCUT2D eigenvalue weighted by molar-refractivity contribution is 7.14. The maximum atomic E-state index is 12.3. The number of anilines is 1. The number of amides is 2. The molecule has 1 aromatic carbocycles. The molecule has 1 aromatic heterocycles. The molecule has 1 aliphatic carbocycles. The van der Waals surface area contributed by atoms with Gasteiger partial charge in [-0.25, -0.2) is 4.79 Å². The van der Waals surface area contributed by atoms with Crippen LogP contribution in [0.2, 0.25) is 0 Å². The van der Waals surface area contributed by atoms with Crippen molar-refractivity contribution in [3.05, 3.63) is 51.2 Å². The van der Waals surface area contributed by atoms with Crippen LogP contribution < -0.4 is 10.6 Å². The van der Waals surface area contributed by atoms with Crippen molar-refractivity contribution in [2.75, 3.05) is 11.9 Å². The van der Waals surface area contributed by atoms with Gasteiger partial charge in [-0.1, -0.05) is 32.4 Å². The molecule has 1 aliphatic rings. The molecule has 1 heterocycles. The van der Waals surface area contributed by atoms with Crippen molar-refractivity contribution in [1.82, 2.24) is 5.32 Å². The Morgan fingerprint density at radius 3 is 2.62 bits per heavy atom. The fourth-order valence-electron chi connectivity index (χ4n) is 2.97. The van der Waals surface area contributed by atoms with Gasteiger partial charge in [0.05, 0.1) is 11.3 Å². The first-order valence-corrected chi connectivity index (χ1v) is 10.8. The molecule has 29 heavy (non-hydrogen) atoms. The van der Waals surface area contributed by atoms with Gasteiger partial charge in [-0.15, -0.1) is 11.3 Å². The average Bonchev–Trinajstić information content (AvgIpc) is 3.43. The van der Waals surface area contributed by atoms with Crippen molar-refractivity contribution < 1.29 is 19.1 Å². The SMILES string of the molecule is CCCc1sc(C(=O)OCC(=O)Nc2ccccc2C(=O)NC2CC2)cc1CC. The van der Waals surface area contributed by atoms with E-state index in [1.165, 1.54) is 16.2 Å². The van der Waals surface area contributed by atoms with Gasteiger partial charge in [-0.3, -0.25) is 9.59 Å². The molecule has 154 valence electrons. The number of esters is 1. The number of para-hydroxylation sites is 1. The minimum atomic E-state index is -0.498. The van der Waals surface area contributed by atoms with E-state index in [0.29, 0.717) is 16.1 Å². The summed E-state index contributed by atoms with van der Waals surface area (Å²) in [6, 6.07) is 8.88. The molecule has 0 saturated heterocycles. The number of hydrogen-bond acceptors (Lipinski definition) is 5. The summed E-state index contributed by atoms with van der Waals surface area (Å²) in [5.74, 6) is -1.19. The zero-order valence-corrected chi connectivity index (χ0v) is 17.6. The lowest BCUT2D eigenvalue weighted by Gasteiger charge is -2.11. The van der Waals surface area contributed by atoms with E-state index in [-0.39, 0.29) is 11.9 Å². The molecule has 0 spiro atoms. The van der Waals surface area contributed by atoms with Crippen LogP contribution in [0.4, 0.5) is 5.69 Å². The largest absolute Gasteiger partial charge is 0.451 e. The maximum Gasteiger partial charge on any atom is 0.348 e. The van der Waals surface area contributed by atoms with Gasteiger partial charge < -0.3 is 15.4 Å². The second kappa shape index (κ2) is 9.69. The number of ether oxygens (including phenoxy) is 1. The number of thiophene rings is 1. The second-order valence-electron chi connectivity index (χ2n) is 7.08. The molecule has 6 nitrogen and oxygen atoms in total. The predicted molar refractivity (Wildman–Crippen MR) is 114 cm³/mol. The summed E-state index contributed by atoms with van der Waals surface area (Å²) < 4.78 is 5.19. The molecule has 2 aromatic rings. The maximum absolute atomic E-state index is 12.3. The van der Waals surface area contributed by atoms with Gasteiger partial charge in [0.1, 0.15) is 4.88 Å². The quantitative estimate of drug-likeness (QED) is 0.609. The predicted octanol–water partition coefficient (Wildman–Crippen LogP) is 3.95. The lowest BCUT2D eigenvalue weighted by molar-refractivity contribution is -0.119. The fourth-order valence-corrected chi connectivity index (χ4v) is 4.22. The summed E-state index contributed by atoms with van der Waals surface area (Å²) in [5.41, 5.74) is 1.96. The van der Waals surface area contributed by atoms with Crippen LogP contribution in [-0.4, -0.2) is 30.4 Å². The summed E-state index contributed by atoms with van der Waals surface area (Å²) in [7, 11) is 0. The summed E-state index contributed by atoms with van der Waals surface area (Å²) in [6.45, 7) is 3.75. The van der Waals surface area contributed by atoms with E-state index < -0.39 is 18.5 Å². The zero-order valence-electron chi connectivity index (χ0n) is 16.7. The van der Waals surface area contributed by atoms with E-state index >= 15 is 0 Å². The molecule has 0 bridgehead atoms. The smallest absolute Gasteiger partial charge is 0.348 e. The van der Waals surface area contributed by atoms with E-state index in [2.05, 4.69) is 24.5 Å². The van der Waals surface area contributed by atoms with E-state index in [0.717, 1.165) is 37.7 Å². The van der Waals surface area contributed by atoms with Crippen LogP contribution in [0.1, 0.15) is 63.6 Å². The minimum Gasteiger partial charge on any atom is -0.451 e. The molecule has 0 unspecified atom stereocenters. The van der Waals surface area contributed by atoms with E-state index in [4.69, 9.17) is 4.74 Å². The molecule has 0 atom stereocenters. The Hall–Kier alpha value is -2.67. The Morgan fingerprint density at radius 2 is 1.93 bits per heavy atom. The van der Waals surface area contributed by atoms with Crippen molar-refractivity contribution in [2.45, 2.75) is 52.0 Å². The highest BCUT2D eigenvalue weighted by atomic mass is 32.1.